The van der Waals surface area contributed by atoms with Crippen molar-refractivity contribution in [2.45, 2.75) is 31.2 Å². The predicted molar refractivity (Wildman–Crippen MR) is 64.8 cm³/mol. The van der Waals surface area contributed by atoms with E-state index in [0.29, 0.717) is 13.0 Å². The van der Waals surface area contributed by atoms with Crippen molar-refractivity contribution in [3.8, 4) is 0 Å². The summed E-state index contributed by atoms with van der Waals surface area (Å²) >= 11 is 0. The molecule has 0 bridgehead atoms. The molecule has 0 N–H and O–H groups in total. The SMILES string of the molecule is O=S(=O)(CCCCN1CCCC1)OS(=O)(=O)C(F)(F)F. The molecule has 0 atom stereocenters. The average Bonchev–Trinajstić information content (AvgIpc) is 2.74. The van der Waals surface area contributed by atoms with Crippen molar-refractivity contribution in [1.82, 2.24) is 4.90 Å². The first kappa shape index (κ1) is 17.7. The Morgan fingerprint density at radius 2 is 1.55 bits per heavy atom. The van der Waals surface area contributed by atoms with Gasteiger partial charge in [-0.3, -0.25) is 0 Å². The maximum absolute atomic E-state index is 12.0. The van der Waals surface area contributed by atoms with Gasteiger partial charge in [0.2, 0.25) is 0 Å². The molecule has 1 rings (SSSR count). The van der Waals surface area contributed by atoms with Gasteiger partial charge in [0.15, 0.2) is 0 Å². The van der Waals surface area contributed by atoms with Gasteiger partial charge in [-0.2, -0.15) is 30.0 Å². The molecular weight excluding hydrogens is 323 g/mol. The van der Waals surface area contributed by atoms with Gasteiger partial charge in [0, 0.05) is 0 Å². The van der Waals surface area contributed by atoms with Crippen LogP contribution in [0.3, 0.4) is 0 Å². The summed E-state index contributed by atoms with van der Waals surface area (Å²) in [5.74, 6) is -0.754. The van der Waals surface area contributed by atoms with Crippen LogP contribution in [0.25, 0.3) is 0 Å². The van der Waals surface area contributed by atoms with Crippen LogP contribution < -0.4 is 0 Å². The molecule has 0 saturated carbocycles. The zero-order chi connectivity index (χ0) is 15.4. The Kier molecular flexibility index (Phi) is 5.81. The molecule has 0 spiro atoms. The minimum absolute atomic E-state index is 0.0478. The summed E-state index contributed by atoms with van der Waals surface area (Å²) in [4.78, 5) is 2.11. The van der Waals surface area contributed by atoms with Crippen molar-refractivity contribution in [3.63, 3.8) is 0 Å². The molecule has 0 aromatic rings. The molecule has 0 radical (unpaired) electrons. The van der Waals surface area contributed by atoms with E-state index >= 15 is 0 Å². The summed E-state index contributed by atoms with van der Waals surface area (Å²) in [5, 5.41) is 0. The molecule has 0 unspecified atom stereocenters. The standard InChI is InChI=1S/C9H16F3NO5S2/c10-9(11,12)20(16,17)18-19(14,15)8-4-3-7-13-5-1-2-6-13/h1-8H2. The van der Waals surface area contributed by atoms with Gasteiger partial charge in [-0.1, -0.05) is 0 Å². The van der Waals surface area contributed by atoms with Crippen LogP contribution in [0.15, 0.2) is 0 Å². The Balaban J connectivity index is 2.38. The van der Waals surface area contributed by atoms with Crippen LogP contribution in [-0.4, -0.2) is 52.6 Å². The minimum Gasteiger partial charge on any atom is -0.303 e. The first-order valence-corrected chi connectivity index (χ1v) is 8.99. The molecule has 1 aliphatic rings. The molecule has 0 aromatic heterocycles. The lowest BCUT2D eigenvalue weighted by molar-refractivity contribution is -0.0498. The number of hydrogen-bond donors (Lipinski definition) is 0. The van der Waals surface area contributed by atoms with Crippen molar-refractivity contribution in [2.75, 3.05) is 25.4 Å². The lowest BCUT2D eigenvalue weighted by Gasteiger charge is -2.13. The van der Waals surface area contributed by atoms with E-state index in [1.807, 2.05) is 0 Å². The van der Waals surface area contributed by atoms with E-state index in [1.54, 1.807) is 0 Å². The molecule has 1 heterocycles. The van der Waals surface area contributed by atoms with E-state index in [1.165, 1.54) is 0 Å². The van der Waals surface area contributed by atoms with Gasteiger partial charge in [-0.25, -0.2) is 0 Å². The highest BCUT2D eigenvalue weighted by molar-refractivity contribution is 8.00. The van der Waals surface area contributed by atoms with Crippen molar-refractivity contribution in [1.29, 1.82) is 0 Å². The Morgan fingerprint density at radius 1 is 1.00 bits per heavy atom. The largest absolute Gasteiger partial charge is 0.524 e. The summed E-state index contributed by atoms with van der Waals surface area (Å²) in [5.41, 5.74) is -5.74. The highest BCUT2D eigenvalue weighted by atomic mass is 32.3. The molecule has 0 amide bonds. The fourth-order valence-corrected chi connectivity index (χ4v) is 4.06. The molecular formula is C9H16F3NO5S2. The molecule has 6 nitrogen and oxygen atoms in total. The van der Waals surface area contributed by atoms with Gasteiger partial charge < -0.3 is 4.90 Å². The van der Waals surface area contributed by atoms with E-state index in [2.05, 4.69) is 8.53 Å². The van der Waals surface area contributed by atoms with Crippen LogP contribution in [0.2, 0.25) is 0 Å². The average molecular weight is 339 g/mol. The molecule has 0 aromatic carbocycles. The van der Waals surface area contributed by atoms with Crippen LogP contribution in [0.1, 0.15) is 25.7 Å². The lowest BCUT2D eigenvalue weighted by Crippen LogP contribution is -2.29. The molecule has 120 valence electrons. The number of hydrogen-bond acceptors (Lipinski definition) is 6. The predicted octanol–water partition coefficient (Wildman–Crippen LogP) is 1.06. The third kappa shape index (κ3) is 5.54. The second-order valence-electron chi connectivity index (χ2n) is 4.49. The summed E-state index contributed by atoms with van der Waals surface area (Å²) in [6, 6.07) is 0. The van der Waals surface area contributed by atoms with Crippen LogP contribution in [0.4, 0.5) is 13.2 Å². The lowest BCUT2D eigenvalue weighted by atomic mass is 10.3. The number of rotatable bonds is 7. The fraction of sp³-hybridized carbons (Fsp3) is 1.00. The monoisotopic (exact) mass is 339 g/mol. The van der Waals surface area contributed by atoms with Gasteiger partial charge in [0.1, 0.15) is 0 Å². The first-order chi connectivity index (χ1) is 9.04. The van der Waals surface area contributed by atoms with Gasteiger partial charge in [0.05, 0.1) is 5.75 Å². The maximum Gasteiger partial charge on any atom is 0.524 e. The highest BCUT2D eigenvalue weighted by Crippen LogP contribution is 2.26. The minimum atomic E-state index is -6.11. The van der Waals surface area contributed by atoms with Gasteiger partial charge in [-0.05, 0) is 45.3 Å². The van der Waals surface area contributed by atoms with Crippen molar-refractivity contribution < 1.29 is 33.6 Å². The van der Waals surface area contributed by atoms with E-state index in [-0.39, 0.29) is 6.42 Å². The molecule has 1 fully saturated rings. The smallest absolute Gasteiger partial charge is 0.303 e. The highest BCUT2D eigenvalue weighted by Gasteiger charge is 2.50. The number of nitrogens with zero attached hydrogens (tertiary/aromatic N) is 1. The zero-order valence-corrected chi connectivity index (χ0v) is 12.2. The van der Waals surface area contributed by atoms with Gasteiger partial charge in [-0.15, -0.1) is 3.63 Å². The Hall–Kier alpha value is -0.390. The number of alkyl halides is 3. The summed E-state index contributed by atoms with van der Waals surface area (Å²) in [6.45, 7) is 2.49. The fourth-order valence-electron chi connectivity index (χ4n) is 1.83. The van der Waals surface area contributed by atoms with Gasteiger partial charge >= 0.3 is 15.6 Å². The van der Waals surface area contributed by atoms with Crippen LogP contribution >= 0.6 is 0 Å². The van der Waals surface area contributed by atoms with E-state index in [4.69, 9.17) is 0 Å². The number of unbranched alkanes of at least 4 members (excludes halogenated alkanes) is 1. The second-order valence-corrected chi connectivity index (χ2v) is 7.92. The maximum atomic E-state index is 12.0. The quantitative estimate of drug-likeness (QED) is 0.510. The van der Waals surface area contributed by atoms with E-state index < -0.39 is 31.5 Å². The Labute approximate surface area is 116 Å². The number of halogens is 3. The van der Waals surface area contributed by atoms with Gasteiger partial charge in [0.25, 0.3) is 10.1 Å². The topological polar surface area (TPSA) is 80.8 Å². The second kappa shape index (κ2) is 6.58. The molecule has 20 heavy (non-hydrogen) atoms. The normalized spacial score (nSPS) is 18.6. The Bertz CT molecular complexity index is 508. The first-order valence-electron chi connectivity index (χ1n) is 6.01. The molecule has 0 aliphatic carbocycles. The molecule has 11 heteroatoms. The van der Waals surface area contributed by atoms with Crippen LogP contribution in [0, 0.1) is 0 Å². The molecule has 1 saturated heterocycles. The zero-order valence-electron chi connectivity index (χ0n) is 10.6. The summed E-state index contributed by atoms with van der Waals surface area (Å²) in [7, 11) is -10.9. The van der Waals surface area contributed by atoms with Crippen molar-refractivity contribution >= 4 is 20.2 Å². The van der Waals surface area contributed by atoms with Crippen molar-refractivity contribution in [2.24, 2.45) is 0 Å². The van der Waals surface area contributed by atoms with E-state index in [9.17, 15) is 30.0 Å². The Morgan fingerprint density at radius 3 is 2.05 bits per heavy atom. The number of likely N-dealkylation sites (tertiary alicyclic amines) is 1. The van der Waals surface area contributed by atoms with E-state index in [0.717, 1.165) is 25.9 Å². The summed E-state index contributed by atoms with van der Waals surface area (Å²) in [6.07, 6.45) is 2.65. The summed E-state index contributed by atoms with van der Waals surface area (Å²) < 4.78 is 82.7. The van der Waals surface area contributed by atoms with Crippen molar-refractivity contribution in [3.05, 3.63) is 0 Å². The van der Waals surface area contributed by atoms with Crippen LogP contribution in [-0.2, 0) is 23.9 Å². The third-order valence-electron chi connectivity index (χ3n) is 2.79. The molecule has 1 aliphatic heterocycles. The van der Waals surface area contributed by atoms with Crippen LogP contribution in [0.5, 0.6) is 0 Å². The third-order valence-corrected chi connectivity index (χ3v) is 5.70.